The van der Waals surface area contributed by atoms with Gasteiger partial charge >= 0.3 is 5.97 Å². The van der Waals surface area contributed by atoms with E-state index in [2.05, 4.69) is 0 Å². The monoisotopic (exact) mass is 295 g/mol. The van der Waals surface area contributed by atoms with Crippen LogP contribution >= 0.6 is 0 Å². The summed E-state index contributed by atoms with van der Waals surface area (Å²) in [4.78, 5) is 24.1. The Labute approximate surface area is 124 Å². The Morgan fingerprint density at radius 2 is 2.00 bits per heavy atom. The van der Waals surface area contributed by atoms with Crippen molar-refractivity contribution in [2.24, 2.45) is 5.92 Å². The van der Waals surface area contributed by atoms with Crippen LogP contribution in [0.4, 0.5) is 0 Å². The Hall–Kier alpha value is -2.24. The first-order valence-corrected chi connectivity index (χ1v) is 6.63. The number of carboxylic acids is 1. The summed E-state index contributed by atoms with van der Waals surface area (Å²) >= 11 is 0. The number of hydrogen-bond acceptors (Lipinski definition) is 4. The second kappa shape index (κ2) is 7.52. The van der Waals surface area contributed by atoms with E-state index >= 15 is 0 Å². The van der Waals surface area contributed by atoms with Crippen LogP contribution in [0.1, 0.15) is 24.2 Å². The fourth-order valence-electron chi connectivity index (χ4n) is 1.66. The van der Waals surface area contributed by atoms with Gasteiger partial charge in [-0.1, -0.05) is 13.8 Å². The van der Waals surface area contributed by atoms with Gasteiger partial charge in [0.15, 0.2) is 0 Å². The second-order valence-corrected chi connectivity index (χ2v) is 5.12. The molecule has 0 aliphatic carbocycles. The number of methoxy groups -OCH3 is 1. The molecule has 0 aliphatic heterocycles. The Balaban J connectivity index is 3.03. The Kier molecular flexibility index (Phi) is 6.02. The molecule has 0 fully saturated rings. The van der Waals surface area contributed by atoms with Crippen LogP contribution < -0.4 is 9.47 Å². The van der Waals surface area contributed by atoms with Crippen molar-refractivity contribution in [3.8, 4) is 11.5 Å². The molecule has 0 atom stereocenters. The molecule has 0 heterocycles. The van der Waals surface area contributed by atoms with Crippen LogP contribution in [-0.2, 0) is 4.79 Å². The summed E-state index contributed by atoms with van der Waals surface area (Å²) in [6.07, 6.45) is 0. The minimum Gasteiger partial charge on any atom is -0.497 e. The van der Waals surface area contributed by atoms with Gasteiger partial charge in [-0.2, -0.15) is 0 Å². The summed E-state index contributed by atoms with van der Waals surface area (Å²) in [6.45, 7) is 4.08. The molecule has 0 spiro atoms. The first-order valence-electron chi connectivity index (χ1n) is 6.63. The quantitative estimate of drug-likeness (QED) is 0.831. The Morgan fingerprint density at radius 1 is 1.33 bits per heavy atom. The minimum absolute atomic E-state index is 0.302. The minimum atomic E-state index is -1.07. The number of likely N-dealkylation sites (N-methyl/N-ethyl adjacent to an activating group) is 1. The van der Waals surface area contributed by atoms with Crippen molar-refractivity contribution in [3.05, 3.63) is 23.8 Å². The van der Waals surface area contributed by atoms with Crippen LogP contribution in [0.25, 0.3) is 0 Å². The average Bonchev–Trinajstić information content (AvgIpc) is 2.43. The lowest BCUT2D eigenvalue weighted by atomic mass is 10.1. The molecule has 1 rings (SSSR count). The van der Waals surface area contributed by atoms with Crippen molar-refractivity contribution in [2.75, 3.05) is 27.3 Å². The number of carbonyl (C=O) groups excluding carboxylic acids is 1. The molecular formula is C15H21NO5. The highest BCUT2D eigenvalue weighted by molar-refractivity contribution is 5.98. The molecule has 0 aliphatic rings. The highest BCUT2D eigenvalue weighted by Crippen LogP contribution is 2.26. The summed E-state index contributed by atoms with van der Waals surface area (Å²) in [5, 5.41) is 8.76. The van der Waals surface area contributed by atoms with E-state index < -0.39 is 11.9 Å². The summed E-state index contributed by atoms with van der Waals surface area (Å²) < 4.78 is 10.8. The molecule has 0 saturated carbocycles. The Morgan fingerprint density at radius 3 is 2.52 bits per heavy atom. The number of hydrogen-bond donors (Lipinski definition) is 1. The summed E-state index contributed by atoms with van der Waals surface area (Å²) in [5.41, 5.74) is 0.320. The van der Waals surface area contributed by atoms with Gasteiger partial charge in [0.1, 0.15) is 18.0 Å². The average molecular weight is 295 g/mol. The molecule has 21 heavy (non-hydrogen) atoms. The zero-order valence-corrected chi connectivity index (χ0v) is 12.8. The van der Waals surface area contributed by atoms with Gasteiger partial charge in [-0.05, 0) is 18.1 Å². The van der Waals surface area contributed by atoms with Gasteiger partial charge in [0.05, 0.1) is 19.3 Å². The number of carbonyl (C=O) groups is 2. The smallest absolute Gasteiger partial charge is 0.323 e. The van der Waals surface area contributed by atoms with Gasteiger partial charge in [0.2, 0.25) is 0 Å². The number of ether oxygens (including phenoxy) is 2. The van der Waals surface area contributed by atoms with E-state index in [1.807, 2.05) is 13.8 Å². The molecule has 6 nitrogen and oxygen atoms in total. The molecule has 1 amide bonds. The first kappa shape index (κ1) is 16.8. The molecule has 116 valence electrons. The maximum Gasteiger partial charge on any atom is 0.323 e. The van der Waals surface area contributed by atoms with Gasteiger partial charge in [-0.15, -0.1) is 0 Å². The lowest BCUT2D eigenvalue weighted by molar-refractivity contribution is -0.137. The maximum absolute atomic E-state index is 12.3. The predicted molar refractivity (Wildman–Crippen MR) is 77.9 cm³/mol. The van der Waals surface area contributed by atoms with E-state index in [9.17, 15) is 9.59 Å². The number of benzene rings is 1. The highest BCUT2D eigenvalue weighted by Gasteiger charge is 2.19. The molecule has 0 bridgehead atoms. The van der Waals surface area contributed by atoms with Crippen LogP contribution in [0.3, 0.4) is 0 Å². The fourth-order valence-corrected chi connectivity index (χ4v) is 1.66. The zero-order valence-electron chi connectivity index (χ0n) is 12.8. The van der Waals surface area contributed by atoms with Gasteiger partial charge in [-0.25, -0.2) is 0 Å². The van der Waals surface area contributed by atoms with Gasteiger partial charge in [0, 0.05) is 13.1 Å². The lowest BCUT2D eigenvalue weighted by Crippen LogP contribution is -2.32. The van der Waals surface area contributed by atoms with Gasteiger partial charge in [0.25, 0.3) is 5.91 Å². The SMILES string of the molecule is COc1ccc(C(=O)N(C)CC(=O)O)c(OCC(C)C)c1. The summed E-state index contributed by atoms with van der Waals surface area (Å²) in [5.74, 6) is -0.199. The van der Waals surface area contributed by atoms with E-state index in [1.54, 1.807) is 18.2 Å². The fraction of sp³-hybridized carbons (Fsp3) is 0.467. The van der Waals surface area contributed by atoms with Gasteiger partial charge < -0.3 is 19.5 Å². The lowest BCUT2D eigenvalue weighted by Gasteiger charge is -2.18. The van der Waals surface area contributed by atoms with Crippen LogP contribution in [0.15, 0.2) is 18.2 Å². The van der Waals surface area contributed by atoms with Crippen molar-refractivity contribution >= 4 is 11.9 Å². The first-order chi connectivity index (χ1) is 9.85. The van der Waals surface area contributed by atoms with E-state index in [4.69, 9.17) is 14.6 Å². The molecule has 6 heteroatoms. The number of nitrogens with zero attached hydrogens (tertiary/aromatic N) is 1. The molecule has 0 radical (unpaired) electrons. The normalized spacial score (nSPS) is 10.3. The standard InChI is InChI=1S/C15H21NO5/c1-10(2)9-21-13-7-11(20-4)5-6-12(13)15(19)16(3)8-14(17)18/h5-7,10H,8-9H2,1-4H3,(H,17,18). The topological polar surface area (TPSA) is 76.1 Å². The molecule has 1 aromatic carbocycles. The Bertz CT molecular complexity index is 513. The van der Waals surface area contributed by atoms with Crippen LogP contribution in [0, 0.1) is 5.92 Å². The van der Waals surface area contributed by atoms with Crippen LogP contribution in [-0.4, -0.2) is 49.2 Å². The van der Waals surface area contributed by atoms with E-state index in [0.29, 0.717) is 29.6 Å². The third-order valence-corrected chi connectivity index (χ3v) is 2.71. The number of aliphatic carboxylic acids is 1. The largest absolute Gasteiger partial charge is 0.497 e. The molecule has 0 aromatic heterocycles. The predicted octanol–water partition coefficient (Wildman–Crippen LogP) is 1.89. The zero-order chi connectivity index (χ0) is 16.0. The maximum atomic E-state index is 12.3. The van der Waals surface area contributed by atoms with Gasteiger partial charge in [-0.3, -0.25) is 9.59 Å². The van der Waals surface area contributed by atoms with Crippen LogP contribution in [0.5, 0.6) is 11.5 Å². The summed E-state index contributed by atoms with van der Waals surface area (Å²) in [7, 11) is 2.96. The molecular weight excluding hydrogens is 274 g/mol. The molecule has 1 N–H and O–H groups in total. The van der Waals surface area contributed by atoms with Crippen molar-refractivity contribution in [3.63, 3.8) is 0 Å². The number of carboxylic acid groups (broad SMARTS) is 1. The second-order valence-electron chi connectivity index (χ2n) is 5.12. The van der Waals surface area contributed by atoms with Crippen LogP contribution in [0.2, 0.25) is 0 Å². The molecule has 0 unspecified atom stereocenters. The van der Waals surface area contributed by atoms with E-state index in [0.717, 1.165) is 4.90 Å². The third-order valence-electron chi connectivity index (χ3n) is 2.71. The van der Waals surface area contributed by atoms with E-state index in [1.165, 1.54) is 14.2 Å². The highest BCUT2D eigenvalue weighted by atomic mass is 16.5. The van der Waals surface area contributed by atoms with Crippen molar-refractivity contribution < 1.29 is 24.2 Å². The molecule has 1 aromatic rings. The number of rotatable bonds is 7. The molecule has 0 saturated heterocycles. The van der Waals surface area contributed by atoms with Crippen molar-refractivity contribution in [2.45, 2.75) is 13.8 Å². The van der Waals surface area contributed by atoms with Crippen molar-refractivity contribution in [1.29, 1.82) is 0 Å². The number of amides is 1. The van der Waals surface area contributed by atoms with Crippen molar-refractivity contribution in [1.82, 2.24) is 4.90 Å². The summed E-state index contributed by atoms with van der Waals surface area (Å²) in [6, 6.07) is 4.85. The van der Waals surface area contributed by atoms with E-state index in [-0.39, 0.29) is 6.54 Å². The third kappa shape index (κ3) is 4.98.